The molecule has 0 fully saturated rings. The Morgan fingerprint density at radius 1 is 1.44 bits per heavy atom. The zero-order valence-corrected chi connectivity index (χ0v) is 8.73. The van der Waals surface area contributed by atoms with E-state index in [1.165, 1.54) is 12.1 Å². The van der Waals surface area contributed by atoms with E-state index in [1.54, 1.807) is 0 Å². The minimum Gasteiger partial charge on any atom is -0.258 e. The molecule has 4 heteroatoms. The van der Waals surface area contributed by atoms with Gasteiger partial charge in [0.25, 0.3) is 5.69 Å². The fraction of sp³-hybridized carbons (Fsp3) is 0.333. The predicted octanol–water partition coefficient (Wildman–Crippen LogP) is 3.56. The van der Waals surface area contributed by atoms with E-state index in [-0.39, 0.29) is 11.6 Å². The van der Waals surface area contributed by atoms with E-state index in [0.29, 0.717) is 5.56 Å². The predicted molar refractivity (Wildman–Crippen MR) is 58.8 cm³/mol. The maximum absolute atomic E-state index is 13.1. The summed E-state index contributed by atoms with van der Waals surface area (Å²) in [5.41, 5.74) is 0.499. The van der Waals surface area contributed by atoms with Crippen molar-refractivity contribution in [3.8, 4) is 0 Å². The van der Waals surface area contributed by atoms with Crippen LogP contribution in [-0.2, 0) is 0 Å². The van der Waals surface area contributed by atoms with Crippen LogP contribution in [0.5, 0.6) is 0 Å². The topological polar surface area (TPSA) is 43.1 Å². The lowest BCUT2D eigenvalue weighted by molar-refractivity contribution is -0.385. The molecule has 1 atom stereocenters. The van der Waals surface area contributed by atoms with Crippen molar-refractivity contribution in [1.29, 1.82) is 0 Å². The summed E-state index contributed by atoms with van der Waals surface area (Å²) in [5, 5.41) is 10.8. The van der Waals surface area contributed by atoms with Crippen LogP contribution in [0.3, 0.4) is 0 Å². The maximum Gasteiger partial charge on any atom is 0.273 e. The Morgan fingerprint density at radius 3 is 2.88 bits per heavy atom. The van der Waals surface area contributed by atoms with Crippen molar-refractivity contribution in [2.24, 2.45) is 0 Å². The molecule has 84 valence electrons. The molecule has 0 heterocycles. The second kappa shape index (κ2) is 4.43. The van der Waals surface area contributed by atoms with Gasteiger partial charge in [-0.2, -0.15) is 0 Å². The van der Waals surface area contributed by atoms with Crippen molar-refractivity contribution in [2.45, 2.75) is 25.2 Å². The summed E-state index contributed by atoms with van der Waals surface area (Å²) in [7, 11) is 0. The van der Waals surface area contributed by atoms with Crippen molar-refractivity contribution in [3.05, 3.63) is 51.8 Å². The number of benzene rings is 1. The summed E-state index contributed by atoms with van der Waals surface area (Å²) in [5.74, 6) is -0.440. The lowest BCUT2D eigenvalue weighted by atomic mass is 9.88. The van der Waals surface area contributed by atoms with Gasteiger partial charge in [0.1, 0.15) is 5.82 Å². The molecule has 1 aliphatic rings. The van der Waals surface area contributed by atoms with E-state index in [2.05, 4.69) is 0 Å². The van der Waals surface area contributed by atoms with Gasteiger partial charge in [-0.1, -0.05) is 12.2 Å². The Kier molecular flexibility index (Phi) is 2.99. The average Bonchev–Trinajstić information content (AvgIpc) is 2.29. The van der Waals surface area contributed by atoms with Crippen LogP contribution < -0.4 is 0 Å². The monoisotopic (exact) mass is 221 g/mol. The number of halogens is 1. The van der Waals surface area contributed by atoms with Crippen LogP contribution in [0.4, 0.5) is 10.1 Å². The van der Waals surface area contributed by atoms with E-state index in [4.69, 9.17) is 0 Å². The van der Waals surface area contributed by atoms with Crippen LogP contribution in [0.25, 0.3) is 0 Å². The highest BCUT2D eigenvalue weighted by Crippen LogP contribution is 2.34. The quantitative estimate of drug-likeness (QED) is 0.435. The number of allylic oxidation sites excluding steroid dienone is 2. The minimum atomic E-state index is -0.447. The van der Waals surface area contributed by atoms with Gasteiger partial charge in [-0.15, -0.1) is 0 Å². The number of hydrogen-bond donors (Lipinski definition) is 0. The Hall–Kier alpha value is -1.71. The van der Waals surface area contributed by atoms with Crippen molar-refractivity contribution in [3.63, 3.8) is 0 Å². The second-order valence-corrected chi connectivity index (χ2v) is 3.93. The van der Waals surface area contributed by atoms with Gasteiger partial charge in [0.05, 0.1) is 4.92 Å². The van der Waals surface area contributed by atoms with Gasteiger partial charge < -0.3 is 0 Å². The van der Waals surface area contributed by atoms with Crippen LogP contribution in [0, 0.1) is 15.9 Å². The molecule has 3 nitrogen and oxygen atoms in total. The van der Waals surface area contributed by atoms with Crippen LogP contribution in [0.1, 0.15) is 30.7 Å². The largest absolute Gasteiger partial charge is 0.273 e. The fourth-order valence-electron chi connectivity index (χ4n) is 2.06. The molecule has 0 radical (unpaired) electrons. The van der Waals surface area contributed by atoms with E-state index in [9.17, 15) is 14.5 Å². The van der Waals surface area contributed by atoms with Crippen molar-refractivity contribution < 1.29 is 9.31 Å². The Balaban J connectivity index is 2.44. The number of rotatable bonds is 2. The van der Waals surface area contributed by atoms with Crippen LogP contribution in [-0.4, -0.2) is 4.92 Å². The second-order valence-electron chi connectivity index (χ2n) is 3.93. The fourth-order valence-corrected chi connectivity index (χ4v) is 2.06. The molecule has 0 saturated heterocycles. The first-order valence-electron chi connectivity index (χ1n) is 5.29. The van der Waals surface area contributed by atoms with Gasteiger partial charge in [-0.05, 0) is 31.4 Å². The highest BCUT2D eigenvalue weighted by Gasteiger charge is 2.21. The molecule has 1 aromatic carbocycles. The maximum atomic E-state index is 13.1. The van der Waals surface area contributed by atoms with Gasteiger partial charge in [-0.3, -0.25) is 10.1 Å². The van der Waals surface area contributed by atoms with E-state index >= 15 is 0 Å². The van der Waals surface area contributed by atoms with Crippen molar-refractivity contribution >= 4 is 5.69 Å². The molecular weight excluding hydrogens is 209 g/mol. The van der Waals surface area contributed by atoms with Gasteiger partial charge in [0.15, 0.2) is 0 Å². The minimum absolute atomic E-state index is 0.0120. The lowest BCUT2D eigenvalue weighted by Crippen LogP contribution is -2.04. The third-order valence-electron chi connectivity index (χ3n) is 2.84. The zero-order valence-electron chi connectivity index (χ0n) is 8.73. The van der Waals surface area contributed by atoms with Gasteiger partial charge in [-0.25, -0.2) is 4.39 Å². The SMILES string of the molecule is O=[N+]([O-])c1ccc(F)cc1[C@H]1C=CCCC1. The zero-order chi connectivity index (χ0) is 11.5. The first kappa shape index (κ1) is 10.8. The van der Waals surface area contributed by atoms with Crippen LogP contribution in [0.2, 0.25) is 0 Å². The molecule has 2 rings (SSSR count). The molecule has 0 saturated carbocycles. The summed E-state index contributed by atoms with van der Waals surface area (Å²) in [6.07, 6.45) is 6.78. The smallest absolute Gasteiger partial charge is 0.258 e. The lowest BCUT2D eigenvalue weighted by Gasteiger charge is -2.16. The third kappa shape index (κ3) is 2.10. The molecule has 16 heavy (non-hydrogen) atoms. The summed E-state index contributed by atoms with van der Waals surface area (Å²) in [6.45, 7) is 0. The Labute approximate surface area is 92.7 Å². The summed E-state index contributed by atoms with van der Waals surface area (Å²) in [6, 6.07) is 3.65. The number of nitrogens with zero attached hydrogens (tertiary/aromatic N) is 1. The molecule has 0 amide bonds. The molecule has 0 N–H and O–H groups in total. The molecule has 0 aromatic heterocycles. The first-order chi connectivity index (χ1) is 7.68. The summed E-state index contributed by atoms with van der Waals surface area (Å²) < 4.78 is 13.1. The number of nitro groups is 1. The van der Waals surface area contributed by atoms with E-state index in [0.717, 1.165) is 25.3 Å². The van der Waals surface area contributed by atoms with Gasteiger partial charge in [0, 0.05) is 17.5 Å². The van der Waals surface area contributed by atoms with Crippen molar-refractivity contribution in [1.82, 2.24) is 0 Å². The average molecular weight is 221 g/mol. The molecule has 0 spiro atoms. The molecule has 1 aliphatic carbocycles. The van der Waals surface area contributed by atoms with E-state index in [1.807, 2.05) is 12.2 Å². The van der Waals surface area contributed by atoms with Gasteiger partial charge >= 0.3 is 0 Å². The highest BCUT2D eigenvalue weighted by molar-refractivity contribution is 5.44. The van der Waals surface area contributed by atoms with Gasteiger partial charge in [0.2, 0.25) is 0 Å². The van der Waals surface area contributed by atoms with Crippen LogP contribution in [0.15, 0.2) is 30.4 Å². The first-order valence-corrected chi connectivity index (χ1v) is 5.29. The molecule has 0 aliphatic heterocycles. The van der Waals surface area contributed by atoms with Crippen molar-refractivity contribution in [2.75, 3.05) is 0 Å². The van der Waals surface area contributed by atoms with Crippen LogP contribution >= 0.6 is 0 Å². The Morgan fingerprint density at radius 2 is 2.25 bits per heavy atom. The molecule has 1 aromatic rings. The summed E-state index contributed by atoms with van der Waals surface area (Å²) in [4.78, 5) is 10.4. The standard InChI is InChI=1S/C12H12FNO2/c13-10-6-7-12(14(15)16)11(8-10)9-4-2-1-3-5-9/h2,4,6-9H,1,3,5H2/t9-/m0/s1. The third-order valence-corrected chi connectivity index (χ3v) is 2.84. The molecule has 0 bridgehead atoms. The Bertz CT molecular complexity index is 443. The van der Waals surface area contributed by atoms with E-state index < -0.39 is 10.7 Å². The highest BCUT2D eigenvalue weighted by atomic mass is 19.1. The molecule has 0 unspecified atom stereocenters. The summed E-state index contributed by atoms with van der Waals surface area (Å²) >= 11 is 0. The number of nitro benzene ring substituents is 1. The molecular formula is C12H12FNO2. The normalized spacial score (nSPS) is 19.7. The number of hydrogen-bond acceptors (Lipinski definition) is 2.